The molecule has 4 aromatic rings. The molecule has 1 saturated heterocycles. The molecular formula is C28H29N5O2. The van der Waals surface area contributed by atoms with Crippen LogP contribution in [0.15, 0.2) is 60.8 Å². The monoisotopic (exact) mass is 467 g/mol. The fraction of sp³-hybridized carbons (Fsp3) is 0.321. The van der Waals surface area contributed by atoms with Crippen molar-refractivity contribution in [2.45, 2.75) is 38.3 Å². The van der Waals surface area contributed by atoms with E-state index in [1.54, 1.807) is 7.11 Å². The smallest absolute Gasteiger partial charge is 0.259 e. The Morgan fingerprint density at radius 2 is 1.83 bits per heavy atom. The van der Waals surface area contributed by atoms with Crippen molar-refractivity contribution in [3.63, 3.8) is 0 Å². The number of amides is 1. The fourth-order valence-electron chi connectivity index (χ4n) is 5.38. The van der Waals surface area contributed by atoms with Crippen molar-refractivity contribution in [3.05, 3.63) is 83.2 Å². The highest BCUT2D eigenvalue weighted by atomic mass is 16.5. The highest BCUT2D eigenvalue weighted by Crippen LogP contribution is 2.40. The van der Waals surface area contributed by atoms with Gasteiger partial charge in [-0.2, -0.15) is 0 Å². The molecule has 0 unspecified atom stereocenters. The van der Waals surface area contributed by atoms with Crippen molar-refractivity contribution in [1.29, 1.82) is 0 Å². The van der Waals surface area contributed by atoms with Gasteiger partial charge in [0.05, 0.1) is 31.6 Å². The summed E-state index contributed by atoms with van der Waals surface area (Å²) < 4.78 is 7.20. The summed E-state index contributed by atoms with van der Waals surface area (Å²) >= 11 is 0. The van der Waals surface area contributed by atoms with Gasteiger partial charge in [0.2, 0.25) is 0 Å². The molecule has 0 bridgehead atoms. The summed E-state index contributed by atoms with van der Waals surface area (Å²) in [5, 5.41) is 14.5. The van der Waals surface area contributed by atoms with E-state index in [1.807, 2.05) is 46.0 Å². The van der Waals surface area contributed by atoms with E-state index in [0.29, 0.717) is 13.1 Å². The molecule has 2 aliphatic rings. The molecule has 1 aromatic heterocycles. The molecule has 1 fully saturated rings. The van der Waals surface area contributed by atoms with Gasteiger partial charge in [-0.25, -0.2) is 4.68 Å². The molecule has 6 rings (SSSR count). The number of hydrogen-bond acceptors (Lipinski definition) is 5. The minimum Gasteiger partial charge on any atom is -0.497 e. The molecule has 2 aliphatic heterocycles. The lowest BCUT2D eigenvalue weighted by Crippen LogP contribution is -2.37. The number of nitrogens with one attached hydrogen (secondary N) is 1. The van der Waals surface area contributed by atoms with Crippen LogP contribution in [0.25, 0.3) is 10.8 Å². The predicted octanol–water partition coefficient (Wildman–Crippen LogP) is 4.29. The number of rotatable bonds is 6. The summed E-state index contributed by atoms with van der Waals surface area (Å²) in [6, 6.07) is 18.1. The first kappa shape index (κ1) is 21.8. The van der Waals surface area contributed by atoms with Crippen LogP contribution < -0.4 is 15.0 Å². The van der Waals surface area contributed by atoms with E-state index >= 15 is 0 Å². The van der Waals surface area contributed by atoms with E-state index in [0.717, 1.165) is 70.5 Å². The van der Waals surface area contributed by atoms with Crippen LogP contribution >= 0.6 is 0 Å². The van der Waals surface area contributed by atoms with E-state index < -0.39 is 0 Å². The molecule has 3 aromatic carbocycles. The second-order valence-corrected chi connectivity index (χ2v) is 9.82. The maximum atomic E-state index is 13.4. The minimum atomic E-state index is 0.0421. The Morgan fingerprint density at radius 3 is 2.60 bits per heavy atom. The first-order chi connectivity index (χ1) is 17.1. The van der Waals surface area contributed by atoms with Crippen LogP contribution in [0, 0.1) is 0 Å². The van der Waals surface area contributed by atoms with Crippen LogP contribution in [-0.2, 0) is 18.5 Å². The first-order valence-electron chi connectivity index (χ1n) is 12.2. The van der Waals surface area contributed by atoms with Crippen molar-refractivity contribution >= 4 is 22.4 Å². The highest BCUT2D eigenvalue weighted by molar-refractivity contribution is 6.25. The van der Waals surface area contributed by atoms with Crippen molar-refractivity contribution in [1.82, 2.24) is 20.3 Å². The number of carbonyl (C=O) groups excluding carboxylic acids is 1. The van der Waals surface area contributed by atoms with E-state index in [2.05, 4.69) is 46.9 Å². The average molecular weight is 468 g/mol. The van der Waals surface area contributed by atoms with Crippen LogP contribution in [-0.4, -0.2) is 41.1 Å². The number of benzene rings is 3. The van der Waals surface area contributed by atoms with E-state index in [9.17, 15) is 4.79 Å². The zero-order valence-corrected chi connectivity index (χ0v) is 20.1. The van der Waals surface area contributed by atoms with Crippen LogP contribution in [0.1, 0.15) is 46.9 Å². The zero-order valence-electron chi connectivity index (χ0n) is 20.1. The third kappa shape index (κ3) is 3.76. The van der Waals surface area contributed by atoms with Gasteiger partial charge in [0, 0.05) is 22.6 Å². The number of methoxy groups -OCH3 is 1. The normalized spacial score (nSPS) is 16.7. The average Bonchev–Trinajstić information content (AvgIpc) is 3.47. The molecular weight excluding hydrogens is 438 g/mol. The van der Waals surface area contributed by atoms with Crippen molar-refractivity contribution in [3.8, 4) is 5.75 Å². The molecule has 0 atom stereocenters. The summed E-state index contributed by atoms with van der Waals surface area (Å²) in [6.45, 7) is 5.45. The van der Waals surface area contributed by atoms with E-state index in [4.69, 9.17) is 4.74 Å². The first-order valence-corrected chi connectivity index (χ1v) is 12.2. The van der Waals surface area contributed by atoms with Gasteiger partial charge in [-0.05, 0) is 66.7 Å². The molecule has 0 radical (unpaired) electrons. The number of aromatic nitrogens is 3. The minimum absolute atomic E-state index is 0.0421. The van der Waals surface area contributed by atoms with E-state index in [-0.39, 0.29) is 11.3 Å². The second kappa shape index (κ2) is 8.50. The lowest BCUT2D eigenvalue weighted by Gasteiger charge is -2.31. The van der Waals surface area contributed by atoms with Gasteiger partial charge in [0.1, 0.15) is 5.75 Å². The number of hydrogen-bond donors (Lipinski definition) is 1. The fourth-order valence-corrected chi connectivity index (χ4v) is 5.38. The Hall–Kier alpha value is -3.71. The van der Waals surface area contributed by atoms with Crippen LogP contribution in [0.4, 0.5) is 5.69 Å². The van der Waals surface area contributed by atoms with Gasteiger partial charge in [0.25, 0.3) is 5.91 Å². The van der Waals surface area contributed by atoms with Gasteiger partial charge in [0.15, 0.2) is 0 Å². The SMILES string of the molecule is COc1ccc(CN2C(=O)c3cccc4c(Cn5cc(C6(C)CCNCC6)nn5)ccc2c34)cc1. The third-order valence-electron chi connectivity index (χ3n) is 7.57. The standard InChI is InChI=1S/C28H29N5O2/c1-28(12-14-29-15-13-28)25-18-32(31-30-25)17-20-8-11-24-26-22(20)4-3-5-23(26)27(34)33(24)16-19-6-9-21(35-2)10-7-19/h3-11,18,29H,12-17H2,1-2H3. The van der Waals surface area contributed by atoms with Gasteiger partial charge in [-0.1, -0.05) is 42.5 Å². The molecule has 7 heteroatoms. The number of carbonyl (C=O) groups is 1. The van der Waals surface area contributed by atoms with Gasteiger partial charge >= 0.3 is 0 Å². The van der Waals surface area contributed by atoms with Crippen molar-refractivity contribution in [2.75, 3.05) is 25.1 Å². The molecule has 3 heterocycles. The molecule has 7 nitrogen and oxygen atoms in total. The molecule has 0 aliphatic carbocycles. The summed E-state index contributed by atoms with van der Waals surface area (Å²) in [6.07, 6.45) is 4.23. The largest absolute Gasteiger partial charge is 0.497 e. The Morgan fingerprint density at radius 1 is 1.03 bits per heavy atom. The summed E-state index contributed by atoms with van der Waals surface area (Å²) in [7, 11) is 1.65. The summed E-state index contributed by atoms with van der Waals surface area (Å²) in [5.74, 6) is 0.849. The van der Waals surface area contributed by atoms with Gasteiger partial charge in [-0.3, -0.25) is 4.79 Å². The Kier molecular flexibility index (Phi) is 5.29. The summed E-state index contributed by atoms with van der Waals surface area (Å²) in [4.78, 5) is 15.2. The van der Waals surface area contributed by atoms with E-state index in [1.165, 1.54) is 0 Å². The van der Waals surface area contributed by atoms with Crippen LogP contribution in [0.5, 0.6) is 5.75 Å². The van der Waals surface area contributed by atoms with Crippen molar-refractivity contribution < 1.29 is 9.53 Å². The van der Waals surface area contributed by atoms with Gasteiger partial charge < -0.3 is 15.0 Å². The number of piperidine rings is 1. The maximum Gasteiger partial charge on any atom is 0.259 e. The second-order valence-electron chi connectivity index (χ2n) is 9.82. The molecule has 178 valence electrons. The van der Waals surface area contributed by atoms with Crippen molar-refractivity contribution in [2.24, 2.45) is 0 Å². The molecule has 35 heavy (non-hydrogen) atoms. The molecule has 1 amide bonds. The summed E-state index contributed by atoms with van der Waals surface area (Å²) in [5.41, 5.74) is 5.05. The predicted molar refractivity (Wildman–Crippen MR) is 136 cm³/mol. The maximum absolute atomic E-state index is 13.4. The number of nitrogens with zero attached hydrogens (tertiary/aromatic N) is 4. The third-order valence-corrected chi connectivity index (χ3v) is 7.57. The van der Waals surface area contributed by atoms with Crippen LogP contribution in [0.2, 0.25) is 0 Å². The lowest BCUT2D eigenvalue weighted by molar-refractivity contribution is 0.0991. The zero-order chi connectivity index (χ0) is 24.0. The van der Waals surface area contributed by atoms with Gasteiger partial charge in [-0.15, -0.1) is 5.10 Å². The number of ether oxygens (including phenoxy) is 1. The Bertz CT molecular complexity index is 1400. The molecule has 1 N–H and O–H groups in total. The number of anilines is 1. The lowest BCUT2D eigenvalue weighted by atomic mass is 9.78. The Labute approximate surface area is 204 Å². The molecule has 0 spiro atoms. The quantitative estimate of drug-likeness (QED) is 0.458. The van der Waals surface area contributed by atoms with Crippen LogP contribution in [0.3, 0.4) is 0 Å². The molecule has 0 saturated carbocycles. The topological polar surface area (TPSA) is 72.3 Å². The Balaban J connectivity index is 1.31. The highest BCUT2D eigenvalue weighted by Gasteiger charge is 2.32.